The number of anilines is 1. The molecule has 1 amide bonds. The third kappa shape index (κ3) is 6.68. The SMILES string of the molecule is CCC(=O)Nc1cccc(C2CCN(CCCCC(=O)c3ccc(Cl)cc3)CC2)c1. The number of hydrogen-bond acceptors (Lipinski definition) is 3. The molecule has 0 bridgehead atoms. The predicted molar refractivity (Wildman–Crippen MR) is 123 cm³/mol. The van der Waals surface area contributed by atoms with Gasteiger partial charge in [0.1, 0.15) is 0 Å². The van der Waals surface area contributed by atoms with E-state index in [4.69, 9.17) is 11.6 Å². The third-order valence-corrected chi connectivity index (χ3v) is 6.10. The number of nitrogens with zero attached hydrogens (tertiary/aromatic N) is 1. The normalized spacial score (nSPS) is 15.1. The molecule has 1 saturated heterocycles. The second-order valence-electron chi connectivity index (χ2n) is 8.03. The highest BCUT2D eigenvalue weighted by Gasteiger charge is 2.20. The molecule has 0 aliphatic carbocycles. The topological polar surface area (TPSA) is 49.4 Å². The maximum Gasteiger partial charge on any atom is 0.224 e. The zero-order valence-electron chi connectivity index (χ0n) is 17.7. The Labute approximate surface area is 184 Å². The van der Waals surface area contributed by atoms with E-state index in [-0.39, 0.29) is 11.7 Å². The van der Waals surface area contributed by atoms with Crippen LogP contribution in [0.25, 0.3) is 0 Å². The summed E-state index contributed by atoms with van der Waals surface area (Å²) in [6.45, 7) is 5.08. The first-order chi connectivity index (χ1) is 14.5. The molecule has 4 nitrogen and oxygen atoms in total. The van der Waals surface area contributed by atoms with Crippen LogP contribution in [-0.2, 0) is 4.79 Å². The lowest BCUT2D eigenvalue weighted by Gasteiger charge is -2.32. The Balaban J connectivity index is 1.37. The summed E-state index contributed by atoms with van der Waals surface area (Å²) in [7, 11) is 0. The fourth-order valence-electron chi connectivity index (χ4n) is 4.01. The lowest BCUT2D eigenvalue weighted by molar-refractivity contribution is -0.115. The summed E-state index contributed by atoms with van der Waals surface area (Å²) in [5.74, 6) is 0.795. The van der Waals surface area contributed by atoms with Crippen LogP contribution in [-0.4, -0.2) is 36.2 Å². The van der Waals surface area contributed by atoms with Gasteiger partial charge in [0.25, 0.3) is 0 Å². The summed E-state index contributed by atoms with van der Waals surface area (Å²) in [4.78, 5) is 26.4. The van der Waals surface area contributed by atoms with Gasteiger partial charge in [0.2, 0.25) is 5.91 Å². The highest BCUT2D eigenvalue weighted by atomic mass is 35.5. The predicted octanol–water partition coefficient (Wildman–Crippen LogP) is 5.92. The lowest BCUT2D eigenvalue weighted by Crippen LogP contribution is -2.33. The molecule has 1 heterocycles. The van der Waals surface area contributed by atoms with E-state index >= 15 is 0 Å². The highest BCUT2D eigenvalue weighted by Crippen LogP contribution is 2.29. The summed E-state index contributed by atoms with van der Waals surface area (Å²) < 4.78 is 0. The van der Waals surface area contributed by atoms with Crippen molar-refractivity contribution in [1.82, 2.24) is 4.90 Å². The molecule has 0 unspecified atom stereocenters. The van der Waals surface area contributed by atoms with Gasteiger partial charge in [-0.05, 0) is 93.2 Å². The van der Waals surface area contributed by atoms with E-state index < -0.39 is 0 Å². The van der Waals surface area contributed by atoms with Gasteiger partial charge >= 0.3 is 0 Å². The van der Waals surface area contributed by atoms with Crippen molar-refractivity contribution < 1.29 is 9.59 Å². The Hall–Kier alpha value is -2.17. The van der Waals surface area contributed by atoms with E-state index in [0.29, 0.717) is 23.8 Å². The number of Topliss-reactive ketones (excluding diaryl/α,β-unsaturated/α-hetero) is 1. The molecule has 3 rings (SSSR count). The molecule has 2 aromatic rings. The van der Waals surface area contributed by atoms with Crippen LogP contribution >= 0.6 is 11.6 Å². The molecule has 2 aromatic carbocycles. The number of halogens is 1. The molecular formula is C25H31ClN2O2. The molecule has 1 aliphatic heterocycles. The van der Waals surface area contributed by atoms with Crippen molar-refractivity contribution >= 4 is 29.0 Å². The van der Waals surface area contributed by atoms with Gasteiger partial charge in [-0.25, -0.2) is 0 Å². The molecule has 1 N–H and O–H groups in total. The van der Waals surface area contributed by atoms with Crippen molar-refractivity contribution in [3.63, 3.8) is 0 Å². The van der Waals surface area contributed by atoms with E-state index in [9.17, 15) is 9.59 Å². The minimum absolute atomic E-state index is 0.0523. The number of carbonyl (C=O) groups excluding carboxylic acids is 2. The van der Waals surface area contributed by atoms with Crippen LogP contribution < -0.4 is 5.32 Å². The van der Waals surface area contributed by atoms with Crippen LogP contribution in [0.5, 0.6) is 0 Å². The Kier molecular flexibility index (Phi) is 8.47. The number of benzene rings is 2. The zero-order chi connectivity index (χ0) is 21.3. The number of hydrogen-bond donors (Lipinski definition) is 1. The van der Waals surface area contributed by atoms with Gasteiger partial charge in [0, 0.05) is 29.1 Å². The van der Waals surface area contributed by atoms with E-state index in [1.807, 2.05) is 19.1 Å². The minimum Gasteiger partial charge on any atom is -0.326 e. The largest absolute Gasteiger partial charge is 0.326 e. The Morgan fingerprint density at radius 2 is 1.80 bits per heavy atom. The molecule has 0 radical (unpaired) electrons. The highest BCUT2D eigenvalue weighted by molar-refractivity contribution is 6.30. The molecule has 1 fully saturated rings. The van der Waals surface area contributed by atoms with Crippen molar-refractivity contribution in [1.29, 1.82) is 0 Å². The summed E-state index contributed by atoms with van der Waals surface area (Å²) >= 11 is 5.88. The Bertz CT molecular complexity index is 842. The van der Waals surface area contributed by atoms with Crippen LogP contribution in [0.3, 0.4) is 0 Å². The van der Waals surface area contributed by atoms with Gasteiger partial charge in [0.05, 0.1) is 0 Å². The van der Waals surface area contributed by atoms with Gasteiger partial charge in [-0.3, -0.25) is 9.59 Å². The number of unbranched alkanes of at least 4 members (excludes halogenated alkanes) is 1. The van der Waals surface area contributed by atoms with Gasteiger partial charge in [0.15, 0.2) is 5.78 Å². The first-order valence-electron chi connectivity index (χ1n) is 11.0. The number of ketones is 1. The number of amides is 1. The van der Waals surface area contributed by atoms with Crippen molar-refractivity contribution in [3.05, 3.63) is 64.7 Å². The standard InChI is InChI=1S/C25H31ClN2O2/c1-2-25(30)27-23-7-5-6-21(18-23)19-13-16-28(17-14-19)15-4-3-8-24(29)20-9-11-22(26)12-10-20/h5-7,9-12,18-19H,2-4,8,13-17H2,1H3,(H,27,30). The van der Waals surface area contributed by atoms with Crippen molar-refractivity contribution in [2.24, 2.45) is 0 Å². The number of likely N-dealkylation sites (tertiary alicyclic amines) is 1. The molecule has 0 saturated carbocycles. The molecule has 0 spiro atoms. The van der Waals surface area contributed by atoms with Crippen LogP contribution in [0.2, 0.25) is 5.02 Å². The van der Waals surface area contributed by atoms with E-state index in [1.54, 1.807) is 24.3 Å². The molecule has 30 heavy (non-hydrogen) atoms. The molecule has 0 aromatic heterocycles. The van der Waals surface area contributed by atoms with Gasteiger partial charge in [-0.2, -0.15) is 0 Å². The third-order valence-electron chi connectivity index (χ3n) is 5.84. The maximum atomic E-state index is 12.2. The molecular weight excluding hydrogens is 396 g/mol. The number of carbonyl (C=O) groups is 2. The van der Waals surface area contributed by atoms with Crippen LogP contribution in [0, 0.1) is 0 Å². The van der Waals surface area contributed by atoms with Crippen LogP contribution in [0.4, 0.5) is 5.69 Å². The smallest absolute Gasteiger partial charge is 0.224 e. The Morgan fingerprint density at radius 1 is 1.07 bits per heavy atom. The molecule has 5 heteroatoms. The summed E-state index contributed by atoms with van der Waals surface area (Å²) in [6.07, 6.45) is 5.31. The van der Waals surface area contributed by atoms with Crippen molar-refractivity contribution in [2.45, 2.75) is 51.4 Å². The Morgan fingerprint density at radius 3 is 2.50 bits per heavy atom. The van der Waals surface area contributed by atoms with Gasteiger partial charge in [-0.1, -0.05) is 30.7 Å². The van der Waals surface area contributed by atoms with Crippen LogP contribution in [0.15, 0.2) is 48.5 Å². The molecule has 160 valence electrons. The monoisotopic (exact) mass is 426 g/mol. The fourth-order valence-corrected chi connectivity index (χ4v) is 4.14. The fraction of sp³-hybridized carbons (Fsp3) is 0.440. The summed E-state index contributed by atoms with van der Waals surface area (Å²) in [5, 5.41) is 3.61. The number of nitrogens with one attached hydrogen (secondary N) is 1. The average Bonchev–Trinajstić information content (AvgIpc) is 2.77. The van der Waals surface area contributed by atoms with Crippen LogP contribution in [0.1, 0.15) is 67.3 Å². The first-order valence-corrected chi connectivity index (χ1v) is 11.3. The van der Waals surface area contributed by atoms with E-state index in [0.717, 1.165) is 56.6 Å². The molecule has 0 atom stereocenters. The minimum atomic E-state index is 0.0523. The lowest BCUT2D eigenvalue weighted by atomic mass is 9.89. The first kappa shape index (κ1) is 22.5. The van der Waals surface area contributed by atoms with Gasteiger partial charge < -0.3 is 10.2 Å². The second-order valence-corrected chi connectivity index (χ2v) is 8.47. The molecule has 1 aliphatic rings. The van der Waals surface area contributed by atoms with E-state index in [1.165, 1.54) is 5.56 Å². The second kappa shape index (κ2) is 11.3. The zero-order valence-corrected chi connectivity index (χ0v) is 18.5. The number of rotatable bonds is 9. The summed E-state index contributed by atoms with van der Waals surface area (Å²) in [6, 6.07) is 15.4. The average molecular weight is 427 g/mol. The van der Waals surface area contributed by atoms with Crippen molar-refractivity contribution in [2.75, 3.05) is 25.0 Å². The van der Waals surface area contributed by atoms with Gasteiger partial charge in [-0.15, -0.1) is 0 Å². The number of piperidine rings is 1. The van der Waals surface area contributed by atoms with Crippen molar-refractivity contribution in [3.8, 4) is 0 Å². The quantitative estimate of drug-likeness (QED) is 0.400. The van der Waals surface area contributed by atoms with E-state index in [2.05, 4.69) is 22.3 Å². The summed E-state index contributed by atoms with van der Waals surface area (Å²) in [5.41, 5.74) is 2.96. The maximum absolute atomic E-state index is 12.2.